The van der Waals surface area contributed by atoms with Gasteiger partial charge in [0.1, 0.15) is 5.82 Å². The molecule has 0 aromatic carbocycles. The van der Waals surface area contributed by atoms with E-state index < -0.39 is 0 Å². The van der Waals surface area contributed by atoms with Crippen LogP contribution < -0.4 is 0 Å². The molecule has 0 amide bonds. The van der Waals surface area contributed by atoms with E-state index in [1.807, 2.05) is 30.4 Å². The van der Waals surface area contributed by atoms with Crippen LogP contribution >= 0.6 is 23.5 Å². The summed E-state index contributed by atoms with van der Waals surface area (Å²) in [5.41, 5.74) is 1.16. The quantitative estimate of drug-likeness (QED) is 0.799. The first-order chi connectivity index (χ1) is 9.52. The normalized spacial score (nSPS) is 26.3. The van der Waals surface area contributed by atoms with Crippen molar-refractivity contribution in [2.45, 2.75) is 43.4 Å². The summed E-state index contributed by atoms with van der Waals surface area (Å²) in [5.74, 6) is 1.50. The second-order valence-corrected chi connectivity index (χ2v) is 7.81. The molecule has 1 saturated heterocycles. The summed E-state index contributed by atoms with van der Waals surface area (Å²) in [4.78, 5) is 20.6. The van der Waals surface area contributed by atoms with Gasteiger partial charge in [0, 0.05) is 22.4 Å². The number of esters is 1. The average molecular weight is 312 g/mol. The molecule has 2 rings (SSSR count). The summed E-state index contributed by atoms with van der Waals surface area (Å²) in [6.45, 7) is 8.50. The third-order valence-corrected chi connectivity index (χ3v) is 6.72. The van der Waals surface area contributed by atoms with Crippen LogP contribution in [0.5, 0.6) is 0 Å². The predicted octanol–water partition coefficient (Wildman–Crippen LogP) is 3.26. The van der Waals surface area contributed by atoms with Gasteiger partial charge in [0.2, 0.25) is 0 Å². The van der Waals surface area contributed by atoms with Gasteiger partial charge in [-0.15, -0.1) is 11.8 Å². The number of hydrogen-bond acceptors (Lipinski definition) is 6. The molecular weight excluding hydrogens is 292 g/mol. The van der Waals surface area contributed by atoms with Crippen molar-refractivity contribution < 1.29 is 9.53 Å². The fourth-order valence-corrected chi connectivity index (χ4v) is 4.82. The van der Waals surface area contributed by atoms with Crippen LogP contribution in [0.1, 0.15) is 47.9 Å². The van der Waals surface area contributed by atoms with Gasteiger partial charge in [-0.3, -0.25) is 0 Å². The zero-order valence-corrected chi connectivity index (χ0v) is 13.9. The Morgan fingerprint density at radius 1 is 1.45 bits per heavy atom. The van der Waals surface area contributed by atoms with Crippen molar-refractivity contribution in [3.8, 4) is 0 Å². The van der Waals surface area contributed by atoms with E-state index >= 15 is 0 Å². The Balaban J connectivity index is 2.15. The third kappa shape index (κ3) is 3.47. The molecule has 0 N–H and O–H groups in total. The Hall–Kier alpha value is -0.750. The smallest absolute Gasteiger partial charge is 0.341 e. The number of hydrogen-bond donors (Lipinski definition) is 0. The molecule has 1 aliphatic rings. The van der Waals surface area contributed by atoms with Crippen LogP contribution in [0.25, 0.3) is 0 Å². The summed E-state index contributed by atoms with van der Waals surface area (Å²) in [7, 11) is 0. The van der Waals surface area contributed by atoms with E-state index in [1.165, 1.54) is 0 Å². The van der Waals surface area contributed by atoms with Crippen LogP contribution in [-0.4, -0.2) is 38.8 Å². The molecule has 1 fully saturated rings. The van der Waals surface area contributed by atoms with Crippen molar-refractivity contribution in [3.05, 3.63) is 23.3 Å². The number of carbonyl (C=O) groups excluding carboxylic acids is 1. The van der Waals surface area contributed by atoms with E-state index in [9.17, 15) is 4.79 Å². The van der Waals surface area contributed by atoms with Gasteiger partial charge in [-0.2, -0.15) is 11.8 Å². The molecule has 0 radical (unpaired) electrons. The summed E-state index contributed by atoms with van der Waals surface area (Å²) in [6, 6.07) is 0. The maximum atomic E-state index is 11.7. The maximum absolute atomic E-state index is 11.7. The number of ether oxygens (including phenoxy) is 1. The van der Waals surface area contributed by atoms with Gasteiger partial charge >= 0.3 is 5.97 Å². The molecule has 4 nitrogen and oxygen atoms in total. The highest BCUT2D eigenvalue weighted by Crippen LogP contribution is 2.43. The third-order valence-electron chi connectivity index (χ3n) is 3.33. The Labute approximate surface area is 128 Å². The van der Waals surface area contributed by atoms with E-state index in [1.54, 1.807) is 13.1 Å². The molecule has 110 valence electrons. The van der Waals surface area contributed by atoms with E-state index in [-0.39, 0.29) is 5.97 Å². The van der Waals surface area contributed by atoms with E-state index in [0.717, 1.165) is 11.6 Å². The van der Waals surface area contributed by atoms with Gasteiger partial charge in [0.15, 0.2) is 0 Å². The summed E-state index contributed by atoms with van der Waals surface area (Å²) in [6.07, 6.45) is 1.60. The number of carbonyl (C=O) groups is 1. The monoisotopic (exact) mass is 312 g/mol. The first kappa shape index (κ1) is 15.6. The van der Waals surface area contributed by atoms with Crippen LogP contribution in [-0.2, 0) is 4.74 Å². The number of nitrogens with zero attached hydrogens (tertiary/aromatic N) is 2. The minimum Gasteiger partial charge on any atom is -0.462 e. The lowest BCUT2D eigenvalue weighted by Crippen LogP contribution is -2.23. The topological polar surface area (TPSA) is 52.1 Å². The molecule has 0 aliphatic carbocycles. The molecule has 1 aromatic rings. The number of aromatic nitrogens is 2. The van der Waals surface area contributed by atoms with Gasteiger partial charge in [-0.1, -0.05) is 13.8 Å². The molecule has 6 heteroatoms. The molecule has 0 saturated carbocycles. The fourth-order valence-electron chi connectivity index (χ4n) is 1.97. The van der Waals surface area contributed by atoms with Crippen LogP contribution in [0.15, 0.2) is 6.20 Å². The Bertz CT molecular complexity index is 496. The van der Waals surface area contributed by atoms with Crippen molar-refractivity contribution in [2.75, 3.05) is 12.4 Å². The molecule has 1 aliphatic heterocycles. The summed E-state index contributed by atoms with van der Waals surface area (Å²) in [5, 5.41) is 1.56. The molecule has 2 heterocycles. The highest BCUT2D eigenvalue weighted by atomic mass is 32.2. The predicted molar refractivity (Wildman–Crippen MR) is 84.4 cm³/mol. The van der Waals surface area contributed by atoms with Crippen molar-refractivity contribution >= 4 is 29.5 Å². The Morgan fingerprint density at radius 2 is 2.20 bits per heavy atom. The lowest BCUT2D eigenvalue weighted by atomic mass is 10.2. The molecule has 0 bridgehead atoms. The molecular formula is C14H20N2O2S2. The van der Waals surface area contributed by atoms with Crippen LogP contribution in [0.4, 0.5) is 0 Å². The van der Waals surface area contributed by atoms with Gasteiger partial charge in [-0.05, 0) is 13.8 Å². The maximum Gasteiger partial charge on any atom is 0.341 e. The van der Waals surface area contributed by atoms with Crippen molar-refractivity contribution in [2.24, 2.45) is 0 Å². The summed E-state index contributed by atoms with van der Waals surface area (Å²) >= 11 is 3.88. The zero-order valence-electron chi connectivity index (χ0n) is 12.3. The molecule has 3 unspecified atom stereocenters. The highest BCUT2D eigenvalue weighted by Gasteiger charge is 2.29. The number of aryl methyl sites for hydroxylation is 1. The van der Waals surface area contributed by atoms with E-state index in [2.05, 4.69) is 23.8 Å². The second-order valence-electron chi connectivity index (χ2n) is 4.82. The van der Waals surface area contributed by atoms with Gasteiger partial charge < -0.3 is 4.74 Å². The lowest BCUT2D eigenvalue weighted by molar-refractivity contribution is 0.0524. The standard InChI is InChI=1S/C14H20N2O2S2/c1-5-18-14(17)11-6-15-13(16-8(11)2)12-7-19-9(3)10(4)20-12/h6,9-10,12H,5,7H2,1-4H3. The van der Waals surface area contributed by atoms with E-state index in [4.69, 9.17) is 4.74 Å². The Morgan fingerprint density at radius 3 is 2.80 bits per heavy atom. The second kappa shape index (κ2) is 6.80. The summed E-state index contributed by atoms with van der Waals surface area (Å²) < 4.78 is 5.00. The minimum atomic E-state index is -0.343. The zero-order chi connectivity index (χ0) is 14.7. The molecule has 3 atom stereocenters. The molecule has 0 spiro atoms. The SMILES string of the molecule is CCOC(=O)c1cnc(C2CSC(C)C(C)S2)nc1C. The molecule has 20 heavy (non-hydrogen) atoms. The first-order valence-electron chi connectivity index (χ1n) is 6.80. The van der Waals surface area contributed by atoms with Crippen molar-refractivity contribution in [3.63, 3.8) is 0 Å². The van der Waals surface area contributed by atoms with Crippen LogP contribution in [0.3, 0.4) is 0 Å². The largest absolute Gasteiger partial charge is 0.462 e. The van der Waals surface area contributed by atoms with Crippen LogP contribution in [0.2, 0.25) is 0 Å². The fraction of sp³-hybridized carbons (Fsp3) is 0.643. The van der Waals surface area contributed by atoms with Gasteiger partial charge in [0.05, 0.1) is 23.1 Å². The average Bonchev–Trinajstić information content (AvgIpc) is 2.42. The molecule has 1 aromatic heterocycles. The first-order valence-corrected chi connectivity index (χ1v) is 8.79. The Kier molecular flexibility index (Phi) is 5.32. The van der Waals surface area contributed by atoms with Crippen LogP contribution in [0, 0.1) is 6.92 Å². The van der Waals surface area contributed by atoms with Crippen molar-refractivity contribution in [1.29, 1.82) is 0 Å². The number of rotatable bonds is 3. The van der Waals surface area contributed by atoms with Gasteiger partial charge in [-0.25, -0.2) is 14.8 Å². The van der Waals surface area contributed by atoms with Crippen molar-refractivity contribution in [1.82, 2.24) is 9.97 Å². The number of thioether (sulfide) groups is 2. The minimum absolute atomic E-state index is 0.307. The van der Waals surface area contributed by atoms with E-state index in [0.29, 0.717) is 33.6 Å². The lowest BCUT2D eigenvalue weighted by Gasteiger charge is -2.30. The van der Waals surface area contributed by atoms with Gasteiger partial charge in [0.25, 0.3) is 0 Å². The highest BCUT2D eigenvalue weighted by molar-refractivity contribution is 8.07.